The Morgan fingerprint density at radius 1 is 1.42 bits per heavy atom. The first kappa shape index (κ1) is 7.95. The number of nitrogens with zero attached hydrogens (tertiary/aromatic N) is 1. The molecule has 1 unspecified atom stereocenters. The minimum atomic E-state index is -1.48. The molecule has 62 valence electrons. The number of hydrogen-bond acceptors (Lipinski definition) is 2. The highest BCUT2D eigenvalue weighted by Gasteiger charge is 2.10. The van der Waals surface area contributed by atoms with Crippen LogP contribution in [0.15, 0.2) is 24.3 Å². The normalized spacial score (nSPS) is 13.5. The Bertz CT molecular complexity index is 366. The van der Waals surface area contributed by atoms with Crippen molar-refractivity contribution in [3.63, 3.8) is 0 Å². The topological polar surface area (TPSA) is 12.9 Å². The van der Waals surface area contributed by atoms with Gasteiger partial charge in [-0.25, -0.2) is 9.37 Å². The van der Waals surface area contributed by atoms with Crippen LogP contribution in [0, 0.1) is 0 Å². The highest BCUT2D eigenvalue weighted by Crippen LogP contribution is 2.30. The number of para-hydroxylation sites is 1. The highest BCUT2D eigenvalue weighted by atomic mass is 35.5. The van der Waals surface area contributed by atoms with E-state index in [0.717, 1.165) is 10.2 Å². The van der Waals surface area contributed by atoms with Gasteiger partial charge in [-0.15, -0.1) is 11.3 Å². The summed E-state index contributed by atoms with van der Waals surface area (Å²) in [6.45, 7) is 0. The standard InChI is InChI=1S/C8H5ClFNS/c9-7(10)8-11-5-3-1-2-4-6(5)12-8/h1-4,7H. The van der Waals surface area contributed by atoms with Crippen molar-refractivity contribution in [1.82, 2.24) is 4.98 Å². The third kappa shape index (κ3) is 1.30. The zero-order chi connectivity index (χ0) is 8.55. The van der Waals surface area contributed by atoms with Gasteiger partial charge in [-0.05, 0) is 12.1 Å². The second-order valence-corrected chi connectivity index (χ2v) is 3.77. The molecule has 12 heavy (non-hydrogen) atoms. The molecule has 0 amide bonds. The molecule has 0 saturated heterocycles. The summed E-state index contributed by atoms with van der Waals surface area (Å²) in [5.41, 5.74) is -0.678. The van der Waals surface area contributed by atoms with E-state index in [1.807, 2.05) is 24.3 Å². The Hall–Kier alpha value is -0.670. The molecule has 0 N–H and O–H groups in total. The summed E-state index contributed by atoms with van der Waals surface area (Å²) >= 11 is 6.54. The molecule has 1 heterocycles. The Balaban J connectivity index is 2.62. The van der Waals surface area contributed by atoms with Gasteiger partial charge in [-0.2, -0.15) is 0 Å². The van der Waals surface area contributed by atoms with Crippen molar-refractivity contribution >= 4 is 33.2 Å². The molecule has 4 heteroatoms. The Morgan fingerprint density at radius 2 is 2.17 bits per heavy atom. The lowest BCUT2D eigenvalue weighted by molar-refractivity contribution is 0.459. The minimum absolute atomic E-state index is 0.331. The van der Waals surface area contributed by atoms with Gasteiger partial charge < -0.3 is 0 Å². The van der Waals surface area contributed by atoms with E-state index >= 15 is 0 Å². The summed E-state index contributed by atoms with van der Waals surface area (Å²) in [6.07, 6.45) is 0. The third-order valence-corrected chi connectivity index (χ3v) is 2.91. The van der Waals surface area contributed by atoms with Crippen LogP contribution in [-0.4, -0.2) is 4.98 Å². The number of aromatic nitrogens is 1. The molecule has 1 aromatic carbocycles. The molecule has 0 bridgehead atoms. The summed E-state index contributed by atoms with van der Waals surface area (Å²) in [4.78, 5) is 4.02. The number of hydrogen-bond donors (Lipinski definition) is 0. The maximum Gasteiger partial charge on any atom is 0.224 e. The molecule has 2 aromatic rings. The molecule has 1 nitrogen and oxygen atoms in total. The lowest BCUT2D eigenvalue weighted by atomic mass is 10.3. The first-order chi connectivity index (χ1) is 5.77. The summed E-state index contributed by atoms with van der Waals surface area (Å²) in [5.74, 6) is 0. The summed E-state index contributed by atoms with van der Waals surface area (Å²) in [5, 5.41) is 0.331. The molecular formula is C8H5ClFNS. The summed E-state index contributed by atoms with van der Waals surface area (Å²) < 4.78 is 13.6. The molecule has 0 fully saturated rings. The van der Waals surface area contributed by atoms with Crippen molar-refractivity contribution < 1.29 is 4.39 Å². The highest BCUT2D eigenvalue weighted by molar-refractivity contribution is 7.18. The SMILES string of the molecule is FC(Cl)c1nc2ccccc2s1. The molecule has 0 spiro atoms. The van der Waals surface area contributed by atoms with Crippen molar-refractivity contribution in [3.8, 4) is 0 Å². The lowest BCUT2D eigenvalue weighted by Crippen LogP contribution is -1.77. The van der Waals surface area contributed by atoms with E-state index in [4.69, 9.17) is 11.6 Å². The molecule has 2 rings (SSSR count). The van der Waals surface area contributed by atoms with Crippen LogP contribution in [0.5, 0.6) is 0 Å². The van der Waals surface area contributed by atoms with E-state index in [2.05, 4.69) is 4.98 Å². The van der Waals surface area contributed by atoms with Crippen LogP contribution in [0.25, 0.3) is 10.2 Å². The van der Waals surface area contributed by atoms with Crippen LogP contribution in [0.3, 0.4) is 0 Å². The van der Waals surface area contributed by atoms with Crippen molar-refractivity contribution in [2.24, 2.45) is 0 Å². The van der Waals surface area contributed by atoms with E-state index in [1.54, 1.807) is 0 Å². The second kappa shape index (κ2) is 2.99. The maximum atomic E-state index is 12.6. The van der Waals surface area contributed by atoms with E-state index in [1.165, 1.54) is 11.3 Å². The second-order valence-electron chi connectivity index (χ2n) is 2.32. The van der Waals surface area contributed by atoms with Gasteiger partial charge >= 0.3 is 0 Å². The fourth-order valence-corrected chi connectivity index (χ4v) is 1.99. The van der Waals surface area contributed by atoms with Gasteiger partial charge in [0.2, 0.25) is 5.63 Å². The zero-order valence-corrected chi connectivity index (χ0v) is 7.57. The molecule has 0 saturated carbocycles. The fraction of sp³-hybridized carbons (Fsp3) is 0.125. The van der Waals surface area contributed by atoms with E-state index in [-0.39, 0.29) is 0 Å². The van der Waals surface area contributed by atoms with Crippen molar-refractivity contribution in [2.45, 2.75) is 5.63 Å². The predicted molar refractivity (Wildman–Crippen MR) is 49.3 cm³/mol. The first-order valence-corrected chi connectivity index (χ1v) is 4.66. The number of halogens is 2. The molecule has 1 aromatic heterocycles. The van der Waals surface area contributed by atoms with Gasteiger partial charge in [-0.1, -0.05) is 23.7 Å². The van der Waals surface area contributed by atoms with E-state index in [0.29, 0.717) is 5.01 Å². The smallest absolute Gasteiger partial charge is 0.224 e. The van der Waals surface area contributed by atoms with Gasteiger partial charge in [-0.3, -0.25) is 0 Å². The fourth-order valence-electron chi connectivity index (χ4n) is 0.983. The quantitative estimate of drug-likeness (QED) is 0.644. The molecule has 0 radical (unpaired) electrons. The molecule has 0 aliphatic rings. The molecule has 0 aliphatic heterocycles. The number of fused-ring (bicyclic) bond motifs is 1. The molecule has 0 aliphatic carbocycles. The zero-order valence-electron chi connectivity index (χ0n) is 6.00. The Morgan fingerprint density at radius 3 is 2.83 bits per heavy atom. The number of alkyl halides is 2. The third-order valence-electron chi connectivity index (χ3n) is 1.50. The monoisotopic (exact) mass is 201 g/mol. The lowest BCUT2D eigenvalue weighted by Gasteiger charge is -1.87. The number of rotatable bonds is 1. The van der Waals surface area contributed by atoms with E-state index in [9.17, 15) is 4.39 Å². The predicted octanol–water partition coefficient (Wildman–Crippen LogP) is 3.50. The molecular weight excluding hydrogens is 197 g/mol. The van der Waals surface area contributed by atoms with E-state index < -0.39 is 5.63 Å². The van der Waals surface area contributed by atoms with Gasteiger partial charge in [0.25, 0.3) is 0 Å². The minimum Gasteiger partial charge on any atom is -0.237 e. The number of thiazole rings is 1. The van der Waals surface area contributed by atoms with Crippen LogP contribution in [0.2, 0.25) is 0 Å². The van der Waals surface area contributed by atoms with Crippen LogP contribution in [-0.2, 0) is 0 Å². The number of benzene rings is 1. The Labute approximate surface area is 77.8 Å². The largest absolute Gasteiger partial charge is 0.237 e. The maximum absolute atomic E-state index is 12.6. The Kier molecular flexibility index (Phi) is 1.98. The average molecular weight is 202 g/mol. The summed E-state index contributed by atoms with van der Waals surface area (Å²) in [7, 11) is 0. The van der Waals surface area contributed by atoms with Crippen molar-refractivity contribution in [2.75, 3.05) is 0 Å². The van der Waals surface area contributed by atoms with Crippen LogP contribution < -0.4 is 0 Å². The van der Waals surface area contributed by atoms with Crippen LogP contribution in [0.4, 0.5) is 4.39 Å². The average Bonchev–Trinajstić information content (AvgIpc) is 2.46. The van der Waals surface area contributed by atoms with Gasteiger partial charge in [0, 0.05) is 0 Å². The van der Waals surface area contributed by atoms with Crippen molar-refractivity contribution in [1.29, 1.82) is 0 Å². The molecule has 1 atom stereocenters. The van der Waals surface area contributed by atoms with Gasteiger partial charge in [0.15, 0.2) is 0 Å². The van der Waals surface area contributed by atoms with Crippen LogP contribution >= 0.6 is 22.9 Å². The first-order valence-electron chi connectivity index (χ1n) is 3.41. The van der Waals surface area contributed by atoms with Gasteiger partial charge in [0.05, 0.1) is 10.2 Å². The van der Waals surface area contributed by atoms with Crippen molar-refractivity contribution in [3.05, 3.63) is 29.3 Å². The van der Waals surface area contributed by atoms with Gasteiger partial charge in [0.1, 0.15) is 5.01 Å². The summed E-state index contributed by atoms with van der Waals surface area (Å²) in [6, 6.07) is 7.50. The van der Waals surface area contributed by atoms with Crippen LogP contribution in [0.1, 0.15) is 10.6 Å².